The molecular formula is C21H19NO3. The summed E-state index contributed by atoms with van der Waals surface area (Å²) in [4.78, 5) is 26.2. The Hall–Kier alpha value is -2.62. The molecule has 2 amide bonds. The SMILES string of the molecule is CC(=O)N1C(=O)O[C@@H]2[C@H]1C1(C)c3ccccc3C2(C)c2ccccc21. The van der Waals surface area contributed by atoms with E-state index >= 15 is 0 Å². The second-order valence-corrected chi connectivity index (χ2v) is 7.63. The summed E-state index contributed by atoms with van der Waals surface area (Å²) >= 11 is 0. The fourth-order valence-electron chi connectivity index (χ4n) is 5.49. The van der Waals surface area contributed by atoms with Gasteiger partial charge in [-0.05, 0) is 36.1 Å². The maximum Gasteiger partial charge on any atom is 0.417 e. The molecule has 0 saturated carbocycles. The van der Waals surface area contributed by atoms with E-state index in [0.29, 0.717) is 0 Å². The van der Waals surface area contributed by atoms with Crippen LogP contribution < -0.4 is 0 Å². The molecule has 4 heteroatoms. The Balaban J connectivity index is 1.92. The zero-order valence-corrected chi connectivity index (χ0v) is 14.4. The standard InChI is InChI=1S/C21H19NO3/c1-12(23)22-17-18(25-19(22)24)21(3)15-10-6-4-8-13(15)20(17,2)14-9-5-7-11-16(14)21/h4-11,17-18H,1-3H3/t17-,18+,20?,21?/m0/s1. The number of ether oxygens (including phenoxy) is 1. The van der Waals surface area contributed by atoms with Crippen molar-refractivity contribution in [1.82, 2.24) is 4.90 Å². The first-order chi connectivity index (χ1) is 11.9. The number of hydrogen-bond donors (Lipinski definition) is 0. The highest BCUT2D eigenvalue weighted by Gasteiger charge is 2.69. The monoisotopic (exact) mass is 333 g/mol. The summed E-state index contributed by atoms with van der Waals surface area (Å²) < 4.78 is 5.82. The van der Waals surface area contributed by atoms with E-state index in [0.717, 1.165) is 0 Å². The van der Waals surface area contributed by atoms with Crippen LogP contribution in [-0.4, -0.2) is 29.0 Å². The van der Waals surface area contributed by atoms with Crippen LogP contribution in [0.1, 0.15) is 43.0 Å². The number of amides is 2. The molecule has 0 radical (unpaired) electrons. The summed E-state index contributed by atoms with van der Waals surface area (Å²) in [5.74, 6) is -0.259. The smallest absolute Gasteiger partial charge is 0.417 e. The van der Waals surface area contributed by atoms with Gasteiger partial charge in [-0.1, -0.05) is 48.5 Å². The average molecular weight is 333 g/mol. The Morgan fingerprint density at radius 1 is 0.920 bits per heavy atom. The molecule has 25 heavy (non-hydrogen) atoms. The lowest BCUT2D eigenvalue weighted by atomic mass is 9.47. The van der Waals surface area contributed by atoms with Crippen molar-refractivity contribution >= 4 is 12.0 Å². The van der Waals surface area contributed by atoms with Gasteiger partial charge < -0.3 is 4.74 Å². The molecular weight excluding hydrogens is 314 g/mol. The van der Waals surface area contributed by atoms with Crippen LogP contribution in [0.4, 0.5) is 4.79 Å². The van der Waals surface area contributed by atoms with E-state index in [4.69, 9.17) is 4.74 Å². The normalized spacial score (nSPS) is 34.2. The third kappa shape index (κ3) is 1.41. The Morgan fingerprint density at radius 2 is 1.36 bits per heavy atom. The van der Waals surface area contributed by atoms with Gasteiger partial charge in [-0.15, -0.1) is 0 Å². The van der Waals surface area contributed by atoms with Crippen molar-refractivity contribution in [2.24, 2.45) is 0 Å². The maximum atomic E-state index is 12.6. The van der Waals surface area contributed by atoms with E-state index < -0.39 is 16.9 Å². The van der Waals surface area contributed by atoms with Gasteiger partial charge in [-0.25, -0.2) is 9.69 Å². The van der Waals surface area contributed by atoms with Crippen molar-refractivity contribution in [3.05, 3.63) is 70.8 Å². The van der Waals surface area contributed by atoms with E-state index in [1.165, 1.54) is 34.1 Å². The number of hydrogen-bond acceptors (Lipinski definition) is 3. The third-order valence-electron chi connectivity index (χ3n) is 6.58. The van der Waals surface area contributed by atoms with Crippen LogP contribution in [0, 0.1) is 0 Å². The van der Waals surface area contributed by atoms with Crippen molar-refractivity contribution < 1.29 is 14.3 Å². The molecule has 1 heterocycles. The number of rotatable bonds is 0. The second kappa shape index (κ2) is 4.31. The molecule has 3 aliphatic carbocycles. The molecule has 4 nitrogen and oxygen atoms in total. The number of carbonyl (C=O) groups is 2. The number of benzene rings is 2. The fourth-order valence-corrected chi connectivity index (χ4v) is 5.49. The average Bonchev–Trinajstić information content (AvgIpc) is 2.98. The molecule has 2 atom stereocenters. The molecule has 2 aromatic carbocycles. The van der Waals surface area contributed by atoms with Crippen LogP contribution in [0.2, 0.25) is 0 Å². The van der Waals surface area contributed by atoms with Gasteiger partial charge in [0.25, 0.3) is 0 Å². The number of carbonyl (C=O) groups excluding carboxylic acids is 2. The first-order valence-electron chi connectivity index (χ1n) is 8.62. The molecule has 4 aliphatic rings. The van der Waals surface area contributed by atoms with Gasteiger partial charge in [0, 0.05) is 12.3 Å². The van der Waals surface area contributed by atoms with Gasteiger partial charge in [0.05, 0.1) is 11.5 Å². The minimum absolute atomic E-state index is 0.259. The fraction of sp³-hybridized carbons (Fsp3) is 0.333. The van der Waals surface area contributed by atoms with Crippen LogP contribution in [0.25, 0.3) is 0 Å². The van der Waals surface area contributed by atoms with E-state index in [9.17, 15) is 9.59 Å². The summed E-state index contributed by atoms with van der Waals surface area (Å²) in [6, 6.07) is 16.3. The first-order valence-corrected chi connectivity index (χ1v) is 8.62. The minimum Gasteiger partial charge on any atom is -0.442 e. The van der Waals surface area contributed by atoms with Gasteiger partial charge in [-0.2, -0.15) is 0 Å². The predicted octanol–water partition coefficient (Wildman–Crippen LogP) is 3.36. The lowest BCUT2D eigenvalue weighted by molar-refractivity contribution is -0.128. The lowest BCUT2D eigenvalue weighted by Crippen LogP contribution is -2.66. The third-order valence-corrected chi connectivity index (χ3v) is 6.58. The molecule has 2 aromatic rings. The molecule has 2 bridgehead atoms. The number of imide groups is 1. The largest absolute Gasteiger partial charge is 0.442 e. The quantitative estimate of drug-likeness (QED) is 0.743. The van der Waals surface area contributed by atoms with Crippen LogP contribution in [0.3, 0.4) is 0 Å². The summed E-state index contributed by atoms with van der Waals surface area (Å²) in [6.07, 6.45) is -0.903. The van der Waals surface area contributed by atoms with Crippen LogP contribution in [-0.2, 0) is 20.4 Å². The highest BCUT2D eigenvalue weighted by Crippen LogP contribution is 2.62. The highest BCUT2D eigenvalue weighted by molar-refractivity contribution is 5.94. The molecule has 0 aromatic heterocycles. The Kier molecular flexibility index (Phi) is 2.54. The highest BCUT2D eigenvalue weighted by atomic mass is 16.6. The van der Waals surface area contributed by atoms with E-state index in [1.807, 2.05) is 24.3 Å². The maximum absolute atomic E-state index is 12.6. The van der Waals surface area contributed by atoms with Crippen LogP contribution >= 0.6 is 0 Å². The van der Waals surface area contributed by atoms with Crippen LogP contribution in [0.5, 0.6) is 0 Å². The molecule has 6 rings (SSSR count). The molecule has 0 spiro atoms. The first kappa shape index (κ1) is 14.7. The van der Waals surface area contributed by atoms with Gasteiger partial charge >= 0.3 is 6.09 Å². The second-order valence-electron chi connectivity index (χ2n) is 7.63. The summed E-state index contributed by atoms with van der Waals surface area (Å²) in [7, 11) is 0. The Labute approximate surface area is 146 Å². The van der Waals surface area contributed by atoms with E-state index in [-0.39, 0.29) is 18.1 Å². The summed E-state index contributed by atoms with van der Waals surface area (Å²) in [6.45, 7) is 5.71. The lowest BCUT2D eigenvalue weighted by Gasteiger charge is -2.58. The summed E-state index contributed by atoms with van der Waals surface area (Å²) in [5.41, 5.74) is 3.80. The molecule has 1 saturated heterocycles. The minimum atomic E-state index is -0.527. The summed E-state index contributed by atoms with van der Waals surface area (Å²) in [5, 5.41) is 0. The van der Waals surface area contributed by atoms with Crippen molar-refractivity contribution in [1.29, 1.82) is 0 Å². The van der Waals surface area contributed by atoms with Gasteiger partial charge in [-0.3, -0.25) is 4.79 Å². The van der Waals surface area contributed by atoms with Crippen molar-refractivity contribution in [3.63, 3.8) is 0 Å². The van der Waals surface area contributed by atoms with Crippen molar-refractivity contribution in [2.75, 3.05) is 0 Å². The van der Waals surface area contributed by atoms with E-state index in [2.05, 4.69) is 38.1 Å². The topological polar surface area (TPSA) is 46.6 Å². The Morgan fingerprint density at radius 3 is 1.80 bits per heavy atom. The zero-order valence-electron chi connectivity index (χ0n) is 14.4. The zero-order chi connectivity index (χ0) is 17.6. The molecule has 0 unspecified atom stereocenters. The van der Waals surface area contributed by atoms with Crippen molar-refractivity contribution in [3.8, 4) is 0 Å². The number of nitrogens with zero attached hydrogens (tertiary/aromatic N) is 1. The molecule has 126 valence electrons. The predicted molar refractivity (Wildman–Crippen MR) is 92.4 cm³/mol. The van der Waals surface area contributed by atoms with E-state index in [1.54, 1.807) is 0 Å². The van der Waals surface area contributed by atoms with Crippen LogP contribution in [0.15, 0.2) is 48.5 Å². The van der Waals surface area contributed by atoms with Gasteiger partial charge in [0.1, 0.15) is 6.10 Å². The van der Waals surface area contributed by atoms with Gasteiger partial charge in [0.2, 0.25) is 5.91 Å². The molecule has 1 fully saturated rings. The van der Waals surface area contributed by atoms with Gasteiger partial charge in [0.15, 0.2) is 0 Å². The molecule has 0 N–H and O–H groups in total. The van der Waals surface area contributed by atoms with Crippen molar-refractivity contribution in [2.45, 2.75) is 43.7 Å². The Bertz CT molecular complexity index is 900. The molecule has 1 aliphatic heterocycles.